The van der Waals surface area contributed by atoms with Crippen LogP contribution in [-0.2, 0) is 10.0 Å². The average molecular weight is 367 g/mol. The number of fused-ring (bicyclic) bond motifs is 1. The Labute approximate surface area is 144 Å². The topological polar surface area (TPSA) is 127 Å². The lowest BCUT2D eigenvalue weighted by molar-refractivity contribution is 0.239. The van der Waals surface area contributed by atoms with Gasteiger partial charge in [-0.1, -0.05) is 0 Å². The van der Waals surface area contributed by atoms with E-state index in [4.69, 9.17) is 0 Å². The fraction of sp³-hybridized carbons (Fsp3) is 0.467. The zero-order valence-electron chi connectivity index (χ0n) is 13.7. The van der Waals surface area contributed by atoms with Crippen molar-refractivity contribution >= 4 is 20.9 Å². The minimum Gasteiger partial charge on any atom is -0.314 e. The van der Waals surface area contributed by atoms with Gasteiger partial charge in [0.1, 0.15) is 0 Å². The third-order valence-corrected chi connectivity index (χ3v) is 5.63. The molecule has 10 heteroatoms. The van der Waals surface area contributed by atoms with E-state index < -0.39 is 21.3 Å². The quantitative estimate of drug-likeness (QED) is 0.475. The van der Waals surface area contributed by atoms with E-state index in [2.05, 4.69) is 24.9 Å². The van der Waals surface area contributed by atoms with Gasteiger partial charge in [-0.15, -0.1) is 0 Å². The summed E-state index contributed by atoms with van der Waals surface area (Å²) in [5, 5.41) is 3.40. The maximum absolute atomic E-state index is 12.4. The molecule has 1 aromatic carbocycles. The molecule has 1 saturated heterocycles. The Balaban J connectivity index is 1.66. The van der Waals surface area contributed by atoms with Crippen LogP contribution in [0.15, 0.2) is 32.7 Å². The minimum atomic E-state index is -3.71. The van der Waals surface area contributed by atoms with Crippen molar-refractivity contribution in [2.75, 3.05) is 39.3 Å². The summed E-state index contributed by atoms with van der Waals surface area (Å²) >= 11 is 0. The first-order chi connectivity index (χ1) is 12.0. The van der Waals surface area contributed by atoms with Gasteiger partial charge in [0.15, 0.2) is 0 Å². The highest BCUT2D eigenvalue weighted by Gasteiger charge is 2.16. The van der Waals surface area contributed by atoms with Crippen molar-refractivity contribution < 1.29 is 8.42 Å². The standard InChI is InChI=1S/C15H21N5O4S/c21-14-12-10-11(2-3-13(12)18-15(22)19-14)25(23,24)17-4-1-7-20-8-5-16-6-9-20/h2-3,10,16-17H,1,4-9H2,(H2,18,19,21,22). The number of hydrogen-bond acceptors (Lipinski definition) is 6. The van der Waals surface area contributed by atoms with E-state index in [-0.39, 0.29) is 10.3 Å². The summed E-state index contributed by atoms with van der Waals surface area (Å²) < 4.78 is 27.3. The molecule has 1 aromatic heterocycles. The van der Waals surface area contributed by atoms with E-state index in [0.29, 0.717) is 18.5 Å². The van der Waals surface area contributed by atoms with Gasteiger partial charge in [0, 0.05) is 32.7 Å². The van der Waals surface area contributed by atoms with Gasteiger partial charge in [-0.3, -0.25) is 9.78 Å². The predicted molar refractivity (Wildman–Crippen MR) is 94.3 cm³/mol. The van der Waals surface area contributed by atoms with Gasteiger partial charge in [0.25, 0.3) is 5.56 Å². The van der Waals surface area contributed by atoms with Crippen LogP contribution in [0.3, 0.4) is 0 Å². The number of nitrogens with one attached hydrogen (secondary N) is 4. The number of rotatable bonds is 6. The molecule has 3 rings (SSSR count). The van der Waals surface area contributed by atoms with Crippen LogP contribution < -0.4 is 21.3 Å². The molecule has 0 saturated carbocycles. The lowest BCUT2D eigenvalue weighted by Crippen LogP contribution is -2.44. The normalized spacial score (nSPS) is 16.3. The fourth-order valence-corrected chi connectivity index (χ4v) is 3.94. The molecule has 136 valence electrons. The van der Waals surface area contributed by atoms with Gasteiger partial charge in [0.05, 0.1) is 15.8 Å². The Kier molecular flexibility index (Phi) is 5.33. The van der Waals surface area contributed by atoms with Crippen molar-refractivity contribution in [1.29, 1.82) is 0 Å². The van der Waals surface area contributed by atoms with Crippen molar-refractivity contribution in [3.8, 4) is 0 Å². The number of piperazine rings is 1. The Morgan fingerprint density at radius 3 is 2.64 bits per heavy atom. The molecular formula is C15H21N5O4S. The molecular weight excluding hydrogens is 346 g/mol. The van der Waals surface area contributed by atoms with E-state index in [1.165, 1.54) is 18.2 Å². The van der Waals surface area contributed by atoms with Crippen molar-refractivity contribution in [3.63, 3.8) is 0 Å². The van der Waals surface area contributed by atoms with E-state index in [9.17, 15) is 18.0 Å². The van der Waals surface area contributed by atoms with Gasteiger partial charge < -0.3 is 15.2 Å². The van der Waals surface area contributed by atoms with Crippen LogP contribution in [0.5, 0.6) is 0 Å². The molecule has 0 aliphatic carbocycles. The van der Waals surface area contributed by atoms with Crippen molar-refractivity contribution in [3.05, 3.63) is 39.0 Å². The summed E-state index contributed by atoms with van der Waals surface area (Å²) in [5.41, 5.74) is -0.944. The molecule has 1 aliphatic rings. The molecule has 1 aliphatic heterocycles. The number of aromatic amines is 2. The largest absolute Gasteiger partial charge is 0.326 e. The number of sulfonamides is 1. The second kappa shape index (κ2) is 7.48. The predicted octanol–water partition coefficient (Wildman–Crippen LogP) is -1.21. The average Bonchev–Trinajstić information content (AvgIpc) is 2.59. The number of H-pyrrole nitrogens is 2. The summed E-state index contributed by atoms with van der Waals surface area (Å²) in [4.78, 5) is 29.9. The Bertz CT molecular complexity index is 960. The maximum Gasteiger partial charge on any atom is 0.326 e. The molecule has 9 nitrogen and oxygen atoms in total. The molecule has 0 atom stereocenters. The van der Waals surface area contributed by atoms with Crippen LogP contribution in [0, 0.1) is 0 Å². The SMILES string of the molecule is O=c1[nH]c(=O)c2cc(S(=O)(=O)NCCCN3CCNCC3)ccc2[nH]1. The third-order valence-electron chi connectivity index (χ3n) is 4.17. The maximum atomic E-state index is 12.4. The van der Waals surface area contributed by atoms with E-state index >= 15 is 0 Å². The first-order valence-corrected chi connectivity index (χ1v) is 9.63. The summed E-state index contributed by atoms with van der Waals surface area (Å²) in [5.74, 6) is 0. The lowest BCUT2D eigenvalue weighted by atomic mass is 10.2. The second-order valence-corrected chi connectivity index (χ2v) is 7.73. The van der Waals surface area contributed by atoms with E-state index in [1.807, 2.05) is 0 Å². The highest BCUT2D eigenvalue weighted by Crippen LogP contribution is 2.13. The van der Waals surface area contributed by atoms with Gasteiger partial charge in [-0.2, -0.15) is 0 Å². The number of hydrogen-bond donors (Lipinski definition) is 4. The molecule has 1 fully saturated rings. The zero-order chi connectivity index (χ0) is 17.9. The van der Waals surface area contributed by atoms with Crippen LogP contribution in [0.1, 0.15) is 6.42 Å². The molecule has 4 N–H and O–H groups in total. The lowest BCUT2D eigenvalue weighted by Gasteiger charge is -2.27. The second-order valence-electron chi connectivity index (χ2n) is 5.96. The highest BCUT2D eigenvalue weighted by atomic mass is 32.2. The zero-order valence-corrected chi connectivity index (χ0v) is 14.5. The highest BCUT2D eigenvalue weighted by molar-refractivity contribution is 7.89. The molecule has 0 radical (unpaired) electrons. The van der Waals surface area contributed by atoms with Crippen molar-refractivity contribution in [2.24, 2.45) is 0 Å². The van der Waals surface area contributed by atoms with Crippen LogP contribution in [0.2, 0.25) is 0 Å². The van der Waals surface area contributed by atoms with Crippen LogP contribution in [0.4, 0.5) is 0 Å². The molecule has 0 bridgehead atoms. The monoisotopic (exact) mass is 367 g/mol. The summed E-state index contributed by atoms with van der Waals surface area (Å²) in [6.07, 6.45) is 0.709. The molecule has 0 amide bonds. The van der Waals surface area contributed by atoms with Crippen LogP contribution in [-0.4, -0.2) is 62.6 Å². The van der Waals surface area contributed by atoms with Gasteiger partial charge in [-0.05, 0) is 31.2 Å². The molecule has 0 unspecified atom stereocenters. The first kappa shape index (κ1) is 17.8. The van der Waals surface area contributed by atoms with Gasteiger partial charge >= 0.3 is 5.69 Å². The fourth-order valence-electron chi connectivity index (χ4n) is 2.84. The first-order valence-electron chi connectivity index (χ1n) is 8.15. The smallest absolute Gasteiger partial charge is 0.314 e. The molecule has 0 spiro atoms. The number of aromatic nitrogens is 2. The number of benzene rings is 1. The van der Waals surface area contributed by atoms with Crippen LogP contribution in [0.25, 0.3) is 10.9 Å². The molecule has 2 aromatic rings. The summed E-state index contributed by atoms with van der Waals surface area (Å²) in [6.45, 7) is 5.02. The van der Waals surface area contributed by atoms with E-state index in [1.54, 1.807) is 0 Å². The number of nitrogens with zero attached hydrogens (tertiary/aromatic N) is 1. The van der Waals surface area contributed by atoms with Crippen LogP contribution >= 0.6 is 0 Å². The Morgan fingerprint density at radius 2 is 1.88 bits per heavy atom. The van der Waals surface area contributed by atoms with Gasteiger partial charge in [0.2, 0.25) is 10.0 Å². The van der Waals surface area contributed by atoms with E-state index in [0.717, 1.165) is 32.7 Å². The third kappa shape index (κ3) is 4.34. The van der Waals surface area contributed by atoms with Gasteiger partial charge in [-0.25, -0.2) is 17.9 Å². The molecule has 25 heavy (non-hydrogen) atoms. The summed E-state index contributed by atoms with van der Waals surface area (Å²) in [6, 6.07) is 4.06. The summed E-state index contributed by atoms with van der Waals surface area (Å²) in [7, 11) is -3.71. The Hall–Kier alpha value is -2.01. The Morgan fingerprint density at radius 1 is 1.12 bits per heavy atom. The minimum absolute atomic E-state index is 0.000258. The van der Waals surface area contributed by atoms with Crippen molar-refractivity contribution in [1.82, 2.24) is 24.9 Å². The van der Waals surface area contributed by atoms with Crippen molar-refractivity contribution in [2.45, 2.75) is 11.3 Å². The molecule has 2 heterocycles.